The third-order valence-corrected chi connectivity index (χ3v) is 1.46. The van der Waals surface area contributed by atoms with Crippen molar-refractivity contribution in [1.29, 1.82) is 0 Å². The Labute approximate surface area is 63.3 Å². The second kappa shape index (κ2) is 3.40. The quantitative estimate of drug-likeness (QED) is 0.525. The van der Waals surface area contributed by atoms with E-state index in [2.05, 4.69) is 0 Å². The van der Waals surface area contributed by atoms with Gasteiger partial charge in [-0.3, -0.25) is 0 Å². The van der Waals surface area contributed by atoms with Crippen LogP contribution in [0.5, 0.6) is 0 Å². The van der Waals surface area contributed by atoms with Crippen molar-refractivity contribution in [3.63, 3.8) is 0 Å². The van der Waals surface area contributed by atoms with E-state index >= 15 is 0 Å². The molecule has 2 radical (unpaired) electrons. The Morgan fingerprint density at radius 3 is 2.70 bits per heavy atom. The monoisotopic (exact) mass is 140 g/mol. The van der Waals surface area contributed by atoms with Gasteiger partial charge in [0.05, 0.1) is 18.8 Å². The summed E-state index contributed by atoms with van der Waals surface area (Å²) in [7, 11) is 5.50. The molecule has 0 spiro atoms. The predicted molar refractivity (Wildman–Crippen MR) is 40.1 cm³/mol. The Balaban J connectivity index is 2.18. The van der Waals surface area contributed by atoms with Crippen LogP contribution in [0.4, 0.5) is 0 Å². The minimum Gasteiger partial charge on any atom is -0.385 e. The first-order chi connectivity index (χ1) is 4.68. The largest absolute Gasteiger partial charge is 0.385 e. The van der Waals surface area contributed by atoms with Crippen molar-refractivity contribution in [3.8, 4) is 0 Å². The summed E-state index contributed by atoms with van der Waals surface area (Å²) in [6.45, 7) is 4.69. The van der Waals surface area contributed by atoms with E-state index in [1.165, 1.54) is 0 Å². The zero-order valence-electron chi connectivity index (χ0n) is 6.54. The molecule has 56 valence electrons. The number of hydrogen-bond donors (Lipinski definition) is 0. The molecule has 3 heteroatoms. The van der Waals surface area contributed by atoms with Crippen LogP contribution in [-0.4, -0.2) is 32.7 Å². The second-order valence-corrected chi connectivity index (χ2v) is 2.91. The third-order valence-electron chi connectivity index (χ3n) is 1.46. The standard InChI is InChI=1S/C7H13BO2/c1-5(2)10-6-3-7(8)9-4-6/h5-7H,3-4H2,1-2H3/t6?,7-/m1/s1. The molecule has 1 unspecified atom stereocenters. The molecule has 0 aromatic heterocycles. The fourth-order valence-corrected chi connectivity index (χ4v) is 1.11. The van der Waals surface area contributed by atoms with Crippen molar-refractivity contribution < 1.29 is 9.47 Å². The molecule has 1 aliphatic rings. The van der Waals surface area contributed by atoms with E-state index in [0.717, 1.165) is 6.42 Å². The highest BCUT2D eigenvalue weighted by molar-refractivity contribution is 6.11. The maximum absolute atomic E-state index is 5.50. The minimum absolute atomic E-state index is 0.108. The Hall–Kier alpha value is -0.0151. The molecule has 2 nitrogen and oxygen atoms in total. The average molecular weight is 140 g/mol. The van der Waals surface area contributed by atoms with Gasteiger partial charge in [-0.05, 0) is 20.3 Å². The van der Waals surface area contributed by atoms with Gasteiger partial charge < -0.3 is 9.47 Å². The van der Waals surface area contributed by atoms with E-state index in [4.69, 9.17) is 17.3 Å². The van der Waals surface area contributed by atoms with Crippen molar-refractivity contribution in [2.75, 3.05) is 6.61 Å². The van der Waals surface area contributed by atoms with Gasteiger partial charge in [-0.1, -0.05) is 0 Å². The van der Waals surface area contributed by atoms with Crippen LogP contribution in [0, 0.1) is 0 Å². The molecule has 1 fully saturated rings. The first kappa shape index (κ1) is 8.09. The van der Waals surface area contributed by atoms with Crippen molar-refractivity contribution in [1.82, 2.24) is 0 Å². The first-order valence-corrected chi connectivity index (χ1v) is 3.71. The molecule has 0 bridgehead atoms. The van der Waals surface area contributed by atoms with E-state index in [0.29, 0.717) is 6.61 Å². The Kier molecular flexibility index (Phi) is 2.75. The third kappa shape index (κ3) is 2.31. The van der Waals surface area contributed by atoms with E-state index < -0.39 is 0 Å². The van der Waals surface area contributed by atoms with Gasteiger partial charge in [0.25, 0.3) is 0 Å². The van der Waals surface area contributed by atoms with Crippen LogP contribution in [0.25, 0.3) is 0 Å². The SMILES string of the molecule is [B][C@H]1CC(OC(C)C)CO1. The highest BCUT2D eigenvalue weighted by Crippen LogP contribution is 2.14. The first-order valence-electron chi connectivity index (χ1n) is 3.71. The van der Waals surface area contributed by atoms with Crippen LogP contribution in [-0.2, 0) is 9.47 Å². The summed E-state index contributed by atoms with van der Waals surface area (Å²) >= 11 is 0. The van der Waals surface area contributed by atoms with Crippen LogP contribution in [0.1, 0.15) is 20.3 Å². The Bertz CT molecular complexity index is 106. The molecular formula is C7H13BO2. The van der Waals surface area contributed by atoms with Crippen LogP contribution >= 0.6 is 0 Å². The number of rotatable bonds is 2. The van der Waals surface area contributed by atoms with E-state index in [9.17, 15) is 0 Å². The number of ether oxygens (including phenoxy) is 2. The van der Waals surface area contributed by atoms with Gasteiger partial charge in [0, 0.05) is 6.00 Å². The van der Waals surface area contributed by atoms with Gasteiger partial charge in [-0.2, -0.15) is 0 Å². The normalized spacial score (nSPS) is 33.5. The molecule has 10 heavy (non-hydrogen) atoms. The molecule has 0 N–H and O–H groups in total. The van der Waals surface area contributed by atoms with E-state index in [1.807, 2.05) is 13.8 Å². The van der Waals surface area contributed by atoms with Gasteiger partial charge in [-0.15, -0.1) is 0 Å². The Morgan fingerprint density at radius 1 is 1.60 bits per heavy atom. The van der Waals surface area contributed by atoms with E-state index in [-0.39, 0.29) is 18.2 Å². The van der Waals surface area contributed by atoms with Gasteiger partial charge in [-0.25, -0.2) is 0 Å². The van der Waals surface area contributed by atoms with Gasteiger partial charge >= 0.3 is 0 Å². The average Bonchev–Trinajstić information content (AvgIpc) is 2.13. The predicted octanol–water partition coefficient (Wildman–Crippen LogP) is 0.695. The van der Waals surface area contributed by atoms with Crippen molar-refractivity contribution >= 4 is 7.85 Å². The molecule has 0 aliphatic carbocycles. The lowest BCUT2D eigenvalue weighted by Crippen LogP contribution is -2.17. The summed E-state index contributed by atoms with van der Waals surface area (Å²) in [6, 6.07) is -0.108. The van der Waals surface area contributed by atoms with Gasteiger partial charge in [0.1, 0.15) is 7.85 Å². The zero-order valence-corrected chi connectivity index (χ0v) is 6.54. The highest BCUT2D eigenvalue weighted by atomic mass is 16.6. The zero-order chi connectivity index (χ0) is 7.56. The van der Waals surface area contributed by atoms with Gasteiger partial charge in [0.2, 0.25) is 0 Å². The number of hydrogen-bond acceptors (Lipinski definition) is 2. The van der Waals surface area contributed by atoms with E-state index in [1.54, 1.807) is 0 Å². The molecule has 0 saturated carbocycles. The van der Waals surface area contributed by atoms with Crippen molar-refractivity contribution in [2.24, 2.45) is 0 Å². The summed E-state index contributed by atoms with van der Waals surface area (Å²) in [4.78, 5) is 0. The maximum atomic E-state index is 5.50. The Morgan fingerprint density at radius 2 is 2.30 bits per heavy atom. The molecule has 2 atom stereocenters. The summed E-state index contributed by atoms with van der Waals surface area (Å²) in [5.41, 5.74) is 0. The molecule has 1 aliphatic heterocycles. The smallest absolute Gasteiger partial charge is 0.109 e. The molecule has 1 heterocycles. The lowest BCUT2D eigenvalue weighted by atomic mass is 9.97. The highest BCUT2D eigenvalue weighted by Gasteiger charge is 2.22. The summed E-state index contributed by atoms with van der Waals surface area (Å²) in [6.07, 6.45) is 1.33. The van der Waals surface area contributed by atoms with Crippen molar-refractivity contribution in [3.05, 3.63) is 0 Å². The van der Waals surface area contributed by atoms with Crippen molar-refractivity contribution in [2.45, 2.75) is 38.5 Å². The summed E-state index contributed by atoms with van der Waals surface area (Å²) in [5, 5.41) is 0. The molecule has 1 saturated heterocycles. The molecule has 0 aromatic carbocycles. The topological polar surface area (TPSA) is 18.5 Å². The van der Waals surface area contributed by atoms with Gasteiger partial charge in [0.15, 0.2) is 0 Å². The molecular weight excluding hydrogens is 127 g/mol. The maximum Gasteiger partial charge on any atom is 0.109 e. The molecule has 0 aromatic rings. The molecule has 1 rings (SSSR count). The summed E-state index contributed by atoms with van der Waals surface area (Å²) in [5.74, 6) is 0. The second-order valence-electron chi connectivity index (χ2n) is 2.91. The summed E-state index contributed by atoms with van der Waals surface area (Å²) < 4.78 is 10.6. The fourth-order valence-electron chi connectivity index (χ4n) is 1.11. The van der Waals surface area contributed by atoms with Crippen LogP contribution in [0.15, 0.2) is 0 Å². The van der Waals surface area contributed by atoms with Crippen LogP contribution in [0.3, 0.4) is 0 Å². The fraction of sp³-hybridized carbons (Fsp3) is 1.00. The lowest BCUT2D eigenvalue weighted by Gasteiger charge is -2.12. The lowest BCUT2D eigenvalue weighted by molar-refractivity contribution is 0.00237. The molecule has 0 amide bonds. The minimum atomic E-state index is -0.108. The van der Waals surface area contributed by atoms with Crippen LogP contribution < -0.4 is 0 Å². The van der Waals surface area contributed by atoms with Crippen LogP contribution in [0.2, 0.25) is 0 Å².